The third kappa shape index (κ3) is 8.64. The van der Waals surface area contributed by atoms with Gasteiger partial charge in [0, 0.05) is 20.2 Å². The van der Waals surface area contributed by atoms with Crippen LogP contribution in [0.15, 0.2) is 84.9 Å². The predicted molar refractivity (Wildman–Crippen MR) is 233 cm³/mol. The Kier molecular flexibility index (Phi) is 11.7. The lowest BCUT2D eigenvalue weighted by Crippen LogP contribution is -1.99. The molecule has 0 saturated carbocycles. The van der Waals surface area contributed by atoms with Crippen molar-refractivity contribution in [2.24, 2.45) is 23.7 Å². The van der Waals surface area contributed by atoms with Gasteiger partial charge in [-0.1, -0.05) is 153 Å². The molecule has 0 N–H and O–H groups in total. The Morgan fingerprint density at radius 2 is 0.784 bits per heavy atom. The first kappa shape index (κ1) is 36.4. The zero-order valence-corrected chi connectivity index (χ0v) is 34.1. The van der Waals surface area contributed by atoms with Crippen LogP contribution < -0.4 is 0 Å². The zero-order chi connectivity index (χ0) is 35.5. The number of hydrogen-bond acceptors (Lipinski definition) is 3. The summed E-state index contributed by atoms with van der Waals surface area (Å²) in [5.41, 5.74) is 8.22. The number of aryl methyl sites for hydroxylation is 2. The van der Waals surface area contributed by atoms with Gasteiger partial charge in [-0.2, -0.15) is 0 Å². The van der Waals surface area contributed by atoms with Gasteiger partial charge in [0.15, 0.2) is 0 Å². The van der Waals surface area contributed by atoms with Crippen molar-refractivity contribution in [1.29, 1.82) is 0 Å². The molecule has 0 aliphatic heterocycles. The lowest BCUT2D eigenvalue weighted by atomic mass is 9.93. The molecule has 51 heavy (non-hydrogen) atoms. The van der Waals surface area contributed by atoms with Crippen molar-refractivity contribution in [3.05, 3.63) is 96.1 Å². The summed E-state index contributed by atoms with van der Waals surface area (Å²) >= 11 is 5.95. The summed E-state index contributed by atoms with van der Waals surface area (Å²) in [5.74, 6) is 3.25. The van der Waals surface area contributed by atoms with Crippen molar-refractivity contribution in [3.63, 3.8) is 0 Å². The Bertz CT molecular complexity index is 2030. The summed E-state index contributed by atoms with van der Waals surface area (Å²) in [4.78, 5) is 0. The highest BCUT2D eigenvalue weighted by Crippen LogP contribution is 2.50. The van der Waals surface area contributed by atoms with Crippen LogP contribution in [0.1, 0.15) is 104 Å². The number of fused-ring (bicyclic) bond motifs is 7. The van der Waals surface area contributed by atoms with Gasteiger partial charge in [-0.05, 0) is 94.9 Å². The van der Waals surface area contributed by atoms with E-state index in [0.717, 1.165) is 23.7 Å². The van der Waals surface area contributed by atoms with E-state index >= 15 is 0 Å². The molecular weight excluding hydrogens is 673 g/mol. The second kappa shape index (κ2) is 16.4. The van der Waals surface area contributed by atoms with Crippen LogP contribution in [-0.2, 0) is 12.8 Å². The normalized spacial score (nSPS) is 13.5. The molecule has 3 heteroatoms. The maximum atomic E-state index is 2.43. The first-order valence-corrected chi connectivity index (χ1v) is 22.2. The highest BCUT2D eigenvalue weighted by atomic mass is 32.1. The fraction of sp³-hybridized carbons (Fsp3) is 0.417. The molecule has 0 fully saturated rings. The molecule has 0 spiro atoms. The zero-order valence-electron chi connectivity index (χ0n) is 31.7. The van der Waals surface area contributed by atoms with Crippen LogP contribution in [0.5, 0.6) is 0 Å². The minimum Gasteiger partial charge on any atom is -0.133 e. The summed E-state index contributed by atoms with van der Waals surface area (Å²) in [6.45, 7) is 14.2. The quantitative estimate of drug-likeness (QED) is 0.0929. The average Bonchev–Trinajstić information content (AvgIpc) is 3.78. The van der Waals surface area contributed by atoms with Crippen LogP contribution in [0.2, 0.25) is 0 Å². The van der Waals surface area contributed by atoms with Crippen molar-refractivity contribution in [1.82, 2.24) is 0 Å². The third-order valence-corrected chi connectivity index (χ3v) is 15.1. The van der Waals surface area contributed by atoms with Gasteiger partial charge in [-0.3, -0.25) is 0 Å². The van der Waals surface area contributed by atoms with Crippen molar-refractivity contribution in [2.45, 2.75) is 106 Å². The molecule has 4 aromatic carbocycles. The summed E-state index contributed by atoms with van der Waals surface area (Å²) < 4.78 is 8.64. The van der Waals surface area contributed by atoms with Crippen LogP contribution in [0.25, 0.3) is 61.2 Å². The van der Waals surface area contributed by atoms with E-state index in [1.165, 1.54) is 137 Å². The Labute approximate surface area is 318 Å². The fourth-order valence-corrected chi connectivity index (χ4v) is 12.0. The minimum absolute atomic E-state index is 0.804. The first-order valence-electron chi connectivity index (χ1n) is 19.7. The molecule has 0 aliphatic rings. The molecule has 0 saturated heterocycles. The van der Waals surface area contributed by atoms with Gasteiger partial charge in [-0.15, -0.1) is 34.0 Å². The minimum atomic E-state index is 0.804. The Balaban J connectivity index is 1.03. The van der Waals surface area contributed by atoms with Crippen molar-refractivity contribution in [2.75, 3.05) is 0 Å². The molecule has 3 aromatic heterocycles. The first-order chi connectivity index (χ1) is 24.7. The Morgan fingerprint density at radius 3 is 1.18 bits per heavy atom. The SMILES string of the molecule is CC(C)CCCC(C)CCc1ccc(-c2ccc3c(c2)sc2c3sc3c4ccc(-c5ccc(CCC(C)CCCC(C)C)cc5)cc4sc32)cc1. The predicted octanol–water partition coefficient (Wildman–Crippen LogP) is 16.6. The van der Waals surface area contributed by atoms with E-state index in [2.05, 4.69) is 126 Å². The molecule has 0 radical (unpaired) electrons. The Hall–Kier alpha value is -2.98. The largest absolute Gasteiger partial charge is 0.133 e. The van der Waals surface area contributed by atoms with E-state index in [0.29, 0.717) is 0 Å². The maximum Gasteiger partial charge on any atom is 0.0642 e. The number of hydrogen-bond donors (Lipinski definition) is 0. The van der Waals surface area contributed by atoms with E-state index in [1.807, 2.05) is 34.0 Å². The number of rotatable bonds is 16. The smallest absolute Gasteiger partial charge is 0.0642 e. The summed E-state index contributed by atoms with van der Waals surface area (Å²) in [6, 6.07) is 33.0. The molecule has 7 aromatic rings. The van der Waals surface area contributed by atoms with E-state index < -0.39 is 0 Å². The summed E-state index contributed by atoms with van der Waals surface area (Å²) in [6.07, 6.45) is 13.1. The molecule has 2 unspecified atom stereocenters. The van der Waals surface area contributed by atoms with Crippen molar-refractivity contribution < 1.29 is 0 Å². The van der Waals surface area contributed by atoms with Gasteiger partial charge < -0.3 is 0 Å². The van der Waals surface area contributed by atoms with E-state index in [4.69, 9.17) is 0 Å². The van der Waals surface area contributed by atoms with Gasteiger partial charge in [0.2, 0.25) is 0 Å². The Morgan fingerprint density at radius 1 is 0.392 bits per heavy atom. The fourth-order valence-electron chi connectivity index (χ4n) is 7.70. The van der Waals surface area contributed by atoms with Gasteiger partial charge in [0.25, 0.3) is 0 Å². The molecule has 0 nitrogen and oxygen atoms in total. The molecule has 0 amide bonds. The van der Waals surface area contributed by atoms with Crippen LogP contribution >= 0.6 is 34.0 Å². The molecule has 0 aliphatic carbocycles. The van der Waals surface area contributed by atoms with Gasteiger partial charge in [-0.25, -0.2) is 0 Å². The van der Waals surface area contributed by atoms with E-state index in [9.17, 15) is 0 Å². The monoisotopic (exact) mass is 728 g/mol. The average molecular weight is 729 g/mol. The van der Waals surface area contributed by atoms with Gasteiger partial charge in [0.1, 0.15) is 0 Å². The van der Waals surface area contributed by atoms with Crippen LogP contribution in [0.3, 0.4) is 0 Å². The van der Waals surface area contributed by atoms with Crippen molar-refractivity contribution in [3.8, 4) is 22.3 Å². The number of benzene rings is 4. The lowest BCUT2D eigenvalue weighted by Gasteiger charge is -2.12. The molecule has 2 atom stereocenters. The topological polar surface area (TPSA) is 0 Å². The standard InChI is InChI=1S/C48H56S3/c1-31(2)9-7-11-33(5)13-15-35-17-21-37(22-18-35)39-25-27-41-43(29-39)49-47-45(41)51-46-42-28-26-40(30-44(42)50-48(46)47)38-23-19-36(20-24-38)16-14-34(6)12-8-10-32(3)4/h17-34H,7-16H2,1-6H3. The van der Waals surface area contributed by atoms with E-state index in [1.54, 1.807) is 0 Å². The highest BCUT2D eigenvalue weighted by Gasteiger charge is 2.18. The maximum absolute atomic E-state index is 2.43. The molecule has 0 bridgehead atoms. The van der Waals surface area contributed by atoms with Gasteiger partial charge in [0.05, 0.1) is 18.8 Å². The second-order valence-corrected chi connectivity index (χ2v) is 19.5. The number of thiophene rings is 3. The summed E-state index contributed by atoms with van der Waals surface area (Å²) in [5, 5.41) is 2.81. The molecule has 3 heterocycles. The summed E-state index contributed by atoms with van der Waals surface area (Å²) in [7, 11) is 0. The molecular formula is C48H56S3. The van der Waals surface area contributed by atoms with Crippen LogP contribution in [-0.4, -0.2) is 0 Å². The van der Waals surface area contributed by atoms with E-state index in [-0.39, 0.29) is 0 Å². The molecule has 266 valence electrons. The third-order valence-electron chi connectivity index (χ3n) is 11.1. The highest BCUT2D eigenvalue weighted by molar-refractivity contribution is 7.43. The second-order valence-electron chi connectivity index (χ2n) is 16.4. The van der Waals surface area contributed by atoms with Crippen LogP contribution in [0, 0.1) is 23.7 Å². The lowest BCUT2D eigenvalue weighted by molar-refractivity contribution is 0.437. The van der Waals surface area contributed by atoms with Crippen LogP contribution in [0.4, 0.5) is 0 Å². The molecule has 7 rings (SSSR count). The van der Waals surface area contributed by atoms with Crippen molar-refractivity contribution >= 4 is 73.0 Å². The van der Waals surface area contributed by atoms with Gasteiger partial charge >= 0.3 is 0 Å².